The lowest BCUT2D eigenvalue weighted by molar-refractivity contribution is 0.0936. The fourth-order valence-corrected chi connectivity index (χ4v) is 2.18. The molecule has 0 spiro atoms. The minimum absolute atomic E-state index is 0.00634. The van der Waals surface area contributed by atoms with Crippen molar-refractivity contribution in [1.82, 2.24) is 10.3 Å². The molecule has 1 aromatic rings. The molecule has 0 aromatic carbocycles. The van der Waals surface area contributed by atoms with Gasteiger partial charge in [0, 0.05) is 23.3 Å². The Hall–Kier alpha value is -0.900. The Morgan fingerprint density at radius 1 is 1.67 bits per heavy atom. The first-order valence-corrected chi connectivity index (χ1v) is 6.08. The van der Waals surface area contributed by atoms with Crippen LogP contribution < -0.4 is 5.32 Å². The van der Waals surface area contributed by atoms with Gasteiger partial charge in [0.25, 0.3) is 5.91 Å². The number of aromatic nitrogens is 1. The number of halogens is 1. The number of hydrogen-bond donors (Lipinski definition) is 1. The molecule has 1 saturated carbocycles. The van der Waals surface area contributed by atoms with E-state index in [9.17, 15) is 4.79 Å². The maximum absolute atomic E-state index is 11.9. The summed E-state index contributed by atoms with van der Waals surface area (Å²) in [5, 5.41) is 3.89. The molecule has 3 nitrogen and oxygen atoms in total. The third-order valence-electron chi connectivity index (χ3n) is 2.75. The third-order valence-corrected chi connectivity index (χ3v) is 3.83. The molecule has 0 aliphatic heterocycles. The van der Waals surface area contributed by atoms with Crippen molar-refractivity contribution in [3.8, 4) is 0 Å². The number of amides is 1. The Bertz CT molecular complexity index is 388. The van der Waals surface area contributed by atoms with Gasteiger partial charge in [-0.1, -0.05) is 15.9 Å². The van der Waals surface area contributed by atoms with E-state index in [-0.39, 0.29) is 11.4 Å². The Labute approximate surface area is 97.4 Å². The number of rotatable bonds is 3. The quantitative estimate of drug-likeness (QED) is 0.853. The highest BCUT2D eigenvalue weighted by Gasteiger charge is 2.43. The van der Waals surface area contributed by atoms with Gasteiger partial charge in [-0.2, -0.15) is 0 Å². The summed E-state index contributed by atoms with van der Waals surface area (Å²) in [4.78, 5) is 15.9. The molecule has 0 atom stereocenters. The van der Waals surface area contributed by atoms with Gasteiger partial charge in [0.1, 0.15) is 0 Å². The van der Waals surface area contributed by atoms with Gasteiger partial charge in [-0.15, -0.1) is 0 Å². The molecule has 1 fully saturated rings. The topological polar surface area (TPSA) is 42.0 Å². The average molecular weight is 269 g/mol. The zero-order chi connectivity index (χ0) is 10.9. The lowest BCUT2D eigenvalue weighted by Gasteiger charge is -2.14. The predicted molar refractivity (Wildman–Crippen MR) is 62.2 cm³/mol. The largest absolute Gasteiger partial charge is 0.346 e. The van der Waals surface area contributed by atoms with Gasteiger partial charge in [-0.25, -0.2) is 0 Å². The van der Waals surface area contributed by atoms with Crippen molar-refractivity contribution in [2.75, 3.05) is 5.33 Å². The Morgan fingerprint density at radius 3 is 2.93 bits per heavy atom. The lowest BCUT2D eigenvalue weighted by atomic mass is 10.1. The maximum atomic E-state index is 11.9. The molecule has 0 radical (unpaired) electrons. The zero-order valence-corrected chi connectivity index (χ0v) is 10.2. The number of hydrogen-bond acceptors (Lipinski definition) is 2. The second-order valence-corrected chi connectivity index (χ2v) is 4.62. The van der Waals surface area contributed by atoms with Crippen LogP contribution in [0, 0.1) is 6.92 Å². The van der Waals surface area contributed by atoms with Gasteiger partial charge in [-0.3, -0.25) is 9.78 Å². The van der Waals surface area contributed by atoms with E-state index in [0.717, 1.165) is 29.3 Å². The van der Waals surface area contributed by atoms with E-state index in [1.807, 2.05) is 6.92 Å². The van der Waals surface area contributed by atoms with Gasteiger partial charge in [0.2, 0.25) is 0 Å². The molecule has 0 saturated heterocycles. The number of carbonyl (C=O) groups excluding carboxylic acids is 1. The van der Waals surface area contributed by atoms with Crippen molar-refractivity contribution < 1.29 is 4.79 Å². The standard InChI is InChI=1S/C11H13BrN2O/c1-8-6-13-5-2-9(8)10(15)14-11(7-12)3-4-11/h2,5-6H,3-4,7H2,1H3,(H,14,15). The molecule has 1 aliphatic rings. The Balaban J connectivity index is 2.12. The van der Waals surface area contributed by atoms with E-state index in [1.54, 1.807) is 18.5 Å². The highest BCUT2D eigenvalue weighted by Crippen LogP contribution is 2.37. The molecule has 0 bridgehead atoms. The summed E-state index contributed by atoms with van der Waals surface area (Å²) in [6, 6.07) is 1.76. The van der Waals surface area contributed by atoms with Gasteiger partial charge in [0.15, 0.2) is 0 Å². The smallest absolute Gasteiger partial charge is 0.252 e. The molecule has 1 aliphatic carbocycles. The minimum atomic E-state index is 0.00634. The van der Waals surface area contributed by atoms with E-state index in [4.69, 9.17) is 0 Å². The van der Waals surface area contributed by atoms with Crippen LogP contribution in [0.1, 0.15) is 28.8 Å². The molecule has 1 aromatic heterocycles. The normalized spacial score (nSPS) is 17.2. The van der Waals surface area contributed by atoms with Crippen molar-refractivity contribution in [2.45, 2.75) is 25.3 Å². The molecular weight excluding hydrogens is 256 g/mol. The molecular formula is C11H13BrN2O. The number of pyridine rings is 1. The van der Waals surface area contributed by atoms with Gasteiger partial charge in [-0.05, 0) is 31.4 Å². The van der Waals surface area contributed by atoms with Crippen LogP contribution in [0.15, 0.2) is 18.5 Å². The Morgan fingerprint density at radius 2 is 2.40 bits per heavy atom. The summed E-state index contributed by atoms with van der Waals surface area (Å²) < 4.78 is 0. The first-order valence-electron chi connectivity index (χ1n) is 4.96. The number of alkyl halides is 1. The van der Waals surface area contributed by atoms with Crippen LogP contribution in [0.5, 0.6) is 0 Å². The average Bonchev–Trinajstić information content (AvgIpc) is 2.99. The lowest BCUT2D eigenvalue weighted by Crippen LogP contribution is -2.38. The number of aryl methyl sites for hydroxylation is 1. The second kappa shape index (κ2) is 3.93. The van der Waals surface area contributed by atoms with E-state index >= 15 is 0 Å². The molecule has 1 amide bonds. The van der Waals surface area contributed by atoms with Crippen LogP contribution >= 0.6 is 15.9 Å². The summed E-state index contributed by atoms with van der Waals surface area (Å²) in [5.41, 5.74) is 1.64. The van der Waals surface area contributed by atoms with Crippen LogP contribution in [0.2, 0.25) is 0 Å². The summed E-state index contributed by atoms with van der Waals surface area (Å²) >= 11 is 3.43. The summed E-state index contributed by atoms with van der Waals surface area (Å²) in [7, 11) is 0. The van der Waals surface area contributed by atoms with Crippen molar-refractivity contribution in [1.29, 1.82) is 0 Å². The first kappa shape index (κ1) is 10.6. The maximum Gasteiger partial charge on any atom is 0.252 e. The van der Waals surface area contributed by atoms with E-state index in [1.165, 1.54) is 0 Å². The molecule has 1 N–H and O–H groups in total. The van der Waals surface area contributed by atoms with Crippen molar-refractivity contribution >= 4 is 21.8 Å². The highest BCUT2D eigenvalue weighted by atomic mass is 79.9. The van der Waals surface area contributed by atoms with Crippen molar-refractivity contribution in [3.63, 3.8) is 0 Å². The molecule has 0 unspecified atom stereocenters. The summed E-state index contributed by atoms with van der Waals surface area (Å²) in [5.74, 6) is 0.00634. The summed E-state index contributed by atoms with van der Waals surface area (Å²) in [6.07, 6.45) is 5.49. The van der Waals surface area contributed by atoms with E-state index in [2.05, 4.69) is 26.2 Å². The SMILES string of the molecule is Cc1cnccc1C(=O)NC1(CBr)CC1. The molecule has 15 heavy (non-hydrogen) atoms. The highest BCUT2D eigenvalue weighted by molar-refractivity contribution is 9.09. The van der Waals surface area contributed by atoms with Crippen molar-refractivity contribution in [3.05, 3.63) is 29.6 Å². The number of nitrogens with one attached hydrogen (secondary N) is 1. The third kappa shape index (κ3) is 2.20. The van der Waals surface area contributed by atoms with Crippen LogP contribution in [0.25, 0.3) is 0 Å². The van der Waals surface area contributed by atoms with Gasteiger partial charge in [0.05, 0.1) is 5.54 Å². The number of carbonyl (C=O) groups is 1. The van der Waals surface area contributed by atoms with Crippen LogP contribution in [0.3, 0.4) is 0 Å². The second-order valence-electron chi connectivity index (χ2n) is 4.06. The van der Waals surface area contributed by atoms with Gasteiger partial charge < -0.3 is 5.32 Å². The fraction of sp³-hybridized carbons (Fsp3) is 0.455. The number of nitrogens with zero attached hydrogens (tertiary/aromatic N) is 1. The van der Waals surface area contributed by atoms with E-state index in [0.29, 0.717) is 0 Å². The molecule has 80 valence electrons. The van der Waals surface area contributed by atoms with Crippen LogP contribution in [-0.4, -0.2) is 21.8 Å². The molecule has 2 rings (SSSR count). The zero-order valence-electron chi connectivity index (χ0n) is 8.59. The minimum Gasteiger partial charge on any atom is -0.346 e. The Kier molecular flexibility index (Phi) is 2.78. The summed E-state index contributed by atoms with van der Waals surface area (Å²) in [6.45, 7) is 1.90. The van der Waals surface area contributed by atoms with Crippen LogP contribution in [0.4, 0.5) is 0 Å². The van der Waals surface area contributed by atoms with Crippen LogP contribution in [-0.2, 0) is 0 Å². The molecule has 4 heteroatoms. The monoisotopic (exact) mass is 268 g/mol. The first-order chi connectivity index (χ1) is 7.17. The molecule has 1 heterocycles. The fourth-order valence-electron chi connectivity index (χ4n) is 1.48. The van der Waals surface area contributed by atoms with Crippen molar-refractivity contribution in [2.24, 2.45) is 0 Å². The van der Waals surface area contributed by atoms with E-state index < -0.39 is 0 Å². The van der Waals surface area contributed by atoms with Gasteiger partial charge >= 0.3 is 0 Å². The predicted octanol–water partition coefficient (Wildman–Crippen LogP) is 2.05.